The normalized spacial score (nSPS) is 26.8. The van der Waals surface area contributed by atoms with Gasteiger partial charge in [0.25, 0.3) is 0 Å². The van der Waals surface area contributed by atoms with Crippen LogP contribution in [0, 0.1) is 5.92 Å². The fraction of sp³-hybridized carbons (Fsp3) is 0.938. The minimum Gasteiger partial charge on any atom is -0.354 e. The minimum absolute atomic E-state index is 0.157. The molecule has 0 heterocycles. The SMILES string of the molecule is CC1CCCC(CNC(=O)CCCCCN)(N(C)C)C1. The predicted molar refractivity (Wildman–Crippen MR) is 84.6 cm³/mol. The van der Waals surface area contributed by atoms with Crippen molar-refractivity contribution in [1.82, 2.24) is 10.2 Å². The second-order valence-corrected chi connectivity index (χ2v) is 6.70. The smallest absolute Gasteiger partial charge is 0.220 e. The van der Waals surface area contributed by atoms with Gasteiger partial charge in [0.15, 0.2) is 0 Å². The molecule has 0 bridgehead atoms. The van der Waals surface area contributed by atoms with Gasteiger partial charge in [0.1, 0.15) is 0 Å². The third kappa shape index (κ3) is 5.41. The quantitative estimate of drug-likeness (QED) is 0.671. The first kappa shape index (κ1) is 17.4. The van der Waals surface area contributed by atoms with Crippen LogP contribution >= 0.6 is 0 Å². The van der Waals surface area contributed by atoms with Crippen molar-refractivity contribution in [2.24, 2.45) is 11.7 Å². The van der Waals surface area contributed by atoms with E-state index < -0.39 is 0 Å². The molecule has 0 aromatic heterocycles. The number of unbranched alkanes of at least 4 members (excludes halogenated alkanes) is 2. The maximum Gasteiger partial charge on any atom is 0.220 e. The van der Waals surface area contributed by atoms with Crippen LogP contribution in [0.15, 0.2) is 0 Å². The molecule has 4 heteroatoms. The number of rotatable bonds is 8. The van der Waals surface area contributed by atoms with Crippen LogP contribution < -0.4 is 11.1 Å². The van der Waals surface area contributed by atoms with Crippen molar-refractivity contribution < 1.29 is 4.79 Å². The first-order valence-corrected chi connectivity index (χ1v) is 8.14. The lowest BCUT2D eigenvalue weighted by atomic mass is 9.75. The molecule has 2 unspecified atom stereocenters. The molecule has 1 saturated carbocycles. The first-order chi connectivity index (χ1) is 9.50. The van der Waals surface area contributed by atoms with Crippen LogP contribution in [0.3, 0.4) is 0 Å². The molecule has 0 radical (unpaired) electrons. The molecule has 0 aliphatic heterocycles. The largest absolute Gasteiger partial charge is 0.354 e. The zero-order valence-electron chi connectivity index (χ0n) is 13.6. The Balaban J connectivity index is 2.37. The summed E-state index contributed by atoms with van der Waals surface area (Å²) in [6.07, 6.45) is 8.64. The van der Waals surface area contributed by atoms with Gasteiger partial charge in [-0.3, -0.25) is 4.79 Å². The van der Waals surface area contributed by atoms with E-state index in [4.69, 9.17) is 5.73 Å². The summed E-state index contributed by atoms with van der Waals surface area (Å²) in [5, 5.41) is 3.16. The van der Waals surface area contributed by atoms with Crippen LogP contribution in [-0.2, 0) is 4.79 Å². The standard InChI is InChI=1S/C16H33N3O/c1-14-8-7-10-16(12-14,19(2)3)13-18-15(20)9-5-4-6-11-17/h14H,4-13,17H2,1-3H3,(H,18,20). The molecule has 20 heavy (non-hydrogen) atoms. The van der Waals surface area contributed by atoms with Gasteiger partial charge in [-0.05, 0) is 52.2 Å². The van der Waals surface area contributed by atoms with Gasteiger partial charge in [-0.25, -0.2) is 0 Å². The maximum absolute atomic E-state index is 11.9. The Bertz CT molecular complexity index is 293. The summed E-state index contributed by atoms with van der Waals surface area (Å²) >= 11 is 0. The lowest BCUT2D eigenvalue weighted by Gasteiger charge is -2.45. The Morgan fingerprint density at radius 3 is 2.70 bits per heavy atom. The van der Waals surface area contributed by atoms with Crippen molar-refractivity contribution in [2.45, 2.75) is 63.8 Å². The summed E-state index contributed by atoms with van der Waals surface area (Å²) < 4.78 is 0. The summed E-state index contributed by atoms with van der Waals surface area (Å²) in [4.78, 5) is 14.3. The molecule has 1 aliphatic carbocycles. The van der Waals surface area contributed by atoms with E-state index in [9.17, 15) is 4.79 Å². The molecule has 0 aromatic rings. The summed E-state index contributed by atoms with van der Waals surface area (Å²) in [6.45, 7) is 3.84. The van der Waals surface area contributed by atoms with Crippen LogP contribution in [0.5, 0.6) is 0 Å². The summed E-state index contributed by atoms with van der Waals surface area (Å²) in [7, 11) is 4.29. The average Bonchev–Trinajstić information content (AvgIpc) is 2.41. The maximum atomic E-state index is 11.9. The summed E-state index contributed by atoms with van der Waals surface area (Å²) in [6, 6.07) is 0. The molecule has 0 aromatic carbocycles. The van der Waals surface area contributed by atoms with Crippen molar-refractivity contribution >= 4 is 5.91 Å². The molecule has 0 spiro atoms. The Labute approximate surface area is 124 Å². The van der Waals surface area contributed by atoms with Crippen LogP contribution in [0.25, 0.3) is 0 Å². The van der Waals surface area contributed by atoms with E-state index >= 15 is 0 Å². The van der Waals surface area contributed by atoms with Crippen LogP contribution in [0.1, 0.15) is 58.3 Å². The van der Waals surface area contributed by atoms with E-state index in [0.717, 1.165) is 38.3 Å². The van der Waals surface area contributed by atoms with E-state index in [1.807, 2.05) is 0 Å². The number of hydrogen-bond donors (Lipinski definition) is 2. The average molecular weight is 283 g/mol. The molecule has 0 saturated heterocycles. The number of nitrogens with two attached hydrogens (primary N) is 1. The van der Waals surface area contributed by atoms with Gasteiger partial charge in [0.2, 0.25) is 5.91 Å². The molecule has 1 rings (SSSR count). The summed E-state index contributed by atoms with van der Waals surface area (Å²) in [5.74, 6) is 0.953. The Morgan fingerprint density at radius 2 is 2.10 bits per heavy atom. The Hall–Kier alpha value is -0.610. The number of amides is 1. The molecular weight excluding hydrogens is 250 g/mol. The highest BCUT2D eigenvalue weighted by atomic mass is 16.1. The zero-order chi connectivity index (χ0) is 15.0. The van der Waals surface area contributed by atoms with Crippen molar-refractivity contribution in [3.05, 3.63) is 0 Å². The second kappa shape index (κ2) is 8.63. The fourth-order valence-electron chi connectivity index (χ4n) is 3.32. The number of nitrogens with one attached hydrogen (secondary N) is 1. The van der Waals surface area contributed by atoms with E-state index in [1.165, 1.54) is 25.7 Å². The Morgan fingerprint density at radius 1 is 1.35 bits per heavy atom. The first-order valence-electron chi connectivity index (χ1n) is 8.14. The van der Waals surface area contributed by atoms with Gasteiger partial charge in [-0.1, -0.05) is 26.2 Å². The lowest BCUT2D eigenvalue weighted by Crippen LogP contribution is -2.55. The molecule has 4 nitrogen and oxygen atoms in total. The van der Waals surface area contributed by atoms with Crippen LogP contribution in [0.4, 0.5) is 0 Å². The van der Waals surface area contributed by atoms with E-state index in [1.54, 1.807) is 0 Å². The van der Waals surface area contributed by atoms with Gasteiger partial charge in [0.05, 0.1) is 0 Å². The van der Waals surface area contributed by atoms with Gasteiger partial charge in [-0.2, -0.15) is 0 Å². The fourth-order valence-corrected chi connectivity index (χ4v) is 3.32. The highest BCUT2D eigenvalue weighted by Gasteiger charge is 2.36. The van der Waals surface area contributed by atoms with Gasteiger partial charge >= 0.3 is 0 Å². The molecule has 2 atom stereocenters. The van der Waals surface area contributed by atoms with Crippen molar-refractivity contribution in [2.75, 3.05) is 27.2 Å². The van der Waals surface area contributed by atoms with E-state index in [0.29, 0.717) is 6.42 Å². The third-order valence-electron chi connectivity index (χ3n) is 4.74. The van der Waals surface area contributed by atoms with Crippen molar-refractivity contribution in [3.63, 3.8) is 0 Å². The number of likely N-dealkylation sites (N-methyl/N-ethyl adjacent to an activating group) is 1. The molecule has 1 aliphatic rings. The van der Waals surface area contributed by atoms with Gasteiger partial charge in [-0.15, -0.1) is 0 Å². The number of carbonyl (C=O) groups is 1. The van der Waals surface area contributed by atoms with E-state index in [2.05, 4.69) is 31.2 Å². The Kier molecular flexibility index (Phi) is 7.52. The molecule has 1 fully saturated rings. The summed E-state index contributed by atoms with van der Waals surface area (Å²) in [5.41, 5.74) is 5.62. The second-order valence-electron chi connectivity index (χ2n) is 6.70. The lowest BCUT2D eigenvalue weighted by molar-refractivity contribution is -0.122. The van der Waals surface area contributed by atoms with Crippen molar-refractivity contribution in [1.29, 1.82) is 0 Å². The van der Waals surface area contributed by atoms with Gasteiger partial charge in [0, 0.05) is 18.5 Å². The highest BCUT2D eigenvalue weighted by Crippen LogP contribution is 2.35. The number of nitrogens with zero attached hydrogens (tertiary/aromatic N) is 1. The van der Waals surface area contributed by atoms with Gasteiger partial charge < -0.3 is 16.0 Å². The highest BCUT2D eigenvalue weighted by molar-refractivity contribution is 5.75. The predicted octanol–water partition coefficient (Wildman–Crippen LogP) is 2.13. The molecular formula is C16H33N3O. The monoisotopic (exact) mass is 283 g/mol. The molecule has 1 amide bonds. The molecule has 3 N–H and O–H groups in total. The number of hydrogen-bond acceptors (Lipinski definition) is 3. The molecule has 118 valence electrons. The number of carbonyl (C=O) groups excluding carboxylic acids is 1. The van der Waals surface area contributed by atoms with E-state index in [-0.39, 0.29) is 11.4 Å². The van der Waals surface area contributed by atoms with Crippen LogP contribution in [0.2, 0.25) is 0 Å². The zero-order valence-corrected chi connectivity index (χ0v) is 13.6. The minimum atomic E-state index is 0.157. The third-order valence-corrected chi connectivity index (χ3v) is 4.74. The topological polar surface area (TPSA) is 58.4 Å². The van der Waals surface area contributed by atoms with Crippen molar-refractivity contribution in [3.8, 4) is 0 Å². The van der Waals surface area contributed by atoms with Crippen LogP contribution in [-0.4, -0.2) is 43.5 Å².